The molecular weight excluding hydrogens is 365 g/mol. The highest BCUT2D eigenvalue weighted by Crippen LogP contribution is 2.34. The zero-order valence-corrected chi connectivity index (χ0v) is 15.5. The first kappa shape index (κ1) is 19.7. The summed E-state index contributed by atoms with van der Waals surface area (Å²) in [6, 6.07) is 11.1. The van der Waals surface area contributed by atoms with E-state index in [1.54, 1.807) is 30.3 Å². The minimum atomic E-state index is -0.813. The van der Waals surface area contributed by atoms with E-state index in [9.17, 15) is 14.0 Å². The highest BCUT2D eigenvalue weighted by Gasteiger charge is 2.29. The second kappa shape index (κ2) is 8.73. The number of nitrogens with one attached hydrogen (secondary N) is 1. The molecule has 6 nitrogen and oxygen atoms in total. The van der Waals surface area contributed by atoms with Crippen molar-refractivity contribution in [2.45, 2.75) is 25.7 Å². The summed E-state index contributed by atoms with van der Waals surface area (Å²) in [5, 5.41) is 11.7. The van der Waals surface area contributed by atoms with Crippen LogP contribution < -0.4 is 14.8 Å². The molecule has 0 heterocycles. The van der Waals surface area contributed by atoms with Gasteiger partial charge in [0.25, 0.3) is 0 Å². The molecule has 0 bridgehead atoms. The minimum absolute atomic E-state index is 0.0180. The SMILES string of the molecule is COc1ccccc1Oc1ccc(NC(=O)C2CCC(C(=O)O)CC2)cc1F. The van der Waals surface area contributed by atoms with Crippen LogP contribution in [0.25, 0.3) is 0 Å². The molecule has 1 fully saturated rings. The molecule has 1 saturated carbocycles. The molecule has 28 heavy (non-hydrogen) atoms. The maximum Gasteiger partial charge on any atom is 0.306 e. The third-order valence-corrected chi connectivity index (χ3v) is 4.94. The Bertz CT molecular complexity index is 862. The fourth-order valence-corrected chi connectivity index (χ4v) is 3.33. The van der Waals surface area contributed by atoms with Crippen molar-refractivity contribution < 1.29 is 28.6 Å². The van der Waals surface area contributed by atoms with Crippen molar-refractivity contribution in [2.75, 3.05) is 12.4 Å². The Balaban J connectivity index is 1.63. The van der Waals surface area contributed by atoms with E-state index in [0.717, 1.165) is 0 Å². The lowest BCUT2D eigenvalue weighted by Crippen LogP contribution is -2.29. The Labute approximate surface area is 162 Å². The first-order chi connectivity index (χ1) is 13.5. The van der Waals surface area contributed by atoms with E-state index in [4.69, 9.17) is 14.6 Å². The number of para-hydroxylation sites is 2. The van der Waals surface area contributed by atoms with Gasteiger partial charge in [-0.2, -0.15) is 0 Å². The van der Waals surface area contributed by atoms with E-state index in [0.29, 0.717) is 42.9 Å². The lowest BCUT2D eigenvalue weighted by Gasteiger charge is -2.25. The summed E-state index contributed by atoms with van der Waals surface area (Å²) in [7, 11) is 1.50. The highest BCUT2D eigenvalue weighted by molar-refractivity contribution is 5.92. The number of ether oxygens (including phenoxy) is 2. The topological polar surface area (TPSA) is 84.9 Å². The zero-order chi connectivity index (χ0) is 20.1. The van der Waals surface area contributed by atoms with Crippen LogP contribution in [-0.2, 0) is 9.59 Å². The average Bonchev–Trinajstić information content (AvgIpc) is 2.70. The Morgan fingerprint density at radius 2 is 1.64 bits per heavy atom. The quantitative estimate of drug-likeness (QED) is 0.765. The Morgan fingerprint density at radius 1 is 1.00 bits per heavy atom. The smallest absolute Gasteiger partial charge is 0.306 e. The van der Waals surface area contributed by atoms with Crippen molar-refractivity contribution >= 4 is 17.6 Å². The number of anilines is 1. The molecule has 1 aliphatic rings. The fourth-order valence-electron chi connectivity index (χ4n) is 3.33. The normalized spacial score (nSPS) is 18.9. The van der Waals surface area contributed by atoms with Gasteiger partial charge in [-0.3, -0.25) is 9.59 Å². The molecule has 0 saturated heterocycles. The molecule has 0 unspecified atom stereocenters. The lowest BCUT2D eigenvalue weighted by atomic mass is 9.81. The number of halogens is 1. The highest BCUT2D eigenvalue weighted by atomic mass is 19.1. The molecule has 0 aliphatic heterocycles. The van der Waals surface area contributed by atoms with Gasteiger partial charge in [0, 0.05) is 17.7 Å². The van der Waals surface area contributed by atoms with Gasteiger partial charge in [0.2, 0.25) is 5.91 Å². The van der Waals surface area contributed by atoms with Crippen LogP contribution in [0.15, 0.2) is 42.5 Å². The van der Waals surface area contributed by atoms with Crippen molar-refractivity contribution in [3.63, 3.8) is 0 Å². The monoisotopic (exact) mass is 387 g/mol. The van der Waals surface area contributed by atoms with Gasteiger partial charge in [0.15, 0.2) is 23.1 Å². The van der Waals surface area contributed by atoms with E-state index in [1.807, 2.05) is 0 Å². The lowest BCUT2D eigenvalue weighted by molar-refractivity contribution is -0.143. The number of rotatable bonds is 6. The zero-order valence-electron chi connectivity index (χ0n) is 15.5. The number of hydrogen-bond donors (Lipinski definition) is 2. The van der Waals surface area contributed by atoms with E-state index in [1.165, 1.54) is 19.2 Å². The molecule has 148 valence electrons. The van der Waals surface area contributed by atoms with Gasteiger partial charge < -0.3 is 19.9 Å². The second-order valence-electron chi connectivity index (χ2n) is 6.77. The number of hydrogen-bond acceptors (Lipinski definition) is 4. The third kappa shape index (κ3) is 4.60. The molecule has 0 radical (unpaired) electrons. The number of carboxylic acid groups (broad SMARTS) is 1. The molecule has 0 aromatic heterocycles. The van der Waals surface area contributed by atoms with Crippen LogP contribution in [0.2, 0.25) is 0 Å². The Kier molecular flexibility index (Phi) is 6.13. The summed E-state index contributed by atoms with van der Waals surface area (Å²) in [4.78, 5) is 23.4. The number of carboxylic acids is 1. The number of amides is 1. The van der Waals surface area contributed by atoms with Crippen LogP contribution in [0.5, 0.6) is 17.2 Å². The van der Waals surface area contributed by atoms with Gasteiger partial charge in [0.1, 0.15) is 0 Å². The summed E-state index contributed by atoms with van der Waals surface area (Å²) < 4.78 is 25.2. The number of methoxy groups -OCH3 is 1. The maximum absolute atomic E-state index is 14.4. The maximum atomic E-state index is 14.4. The van der Waals surface area contributed by atoms with E-state index < -0.39 is 11.8 Å². The number of benzene rings is 2. The summed E-state index contributed by atoms with van der Waals surface area (Å²) in [6.45, 7) is 0. The molecule has 2 aromatic rings. The number of carbonyl (C=O) groups is 2. The largest absolute Gasteiger partial charge is 0.493 e. The van der Waals surface area contributed by atoms with Crippen molar-refractivity contribution in [3.05, 3.63) is 48.3 Å². The van der Waals surface area contributed by atoms with Gasteiger partial charge in [0.05, 0.1) is 13.0 Å². The summed E-state index contributed by atoms with van der Waals surface area (Å²) in [6.07, 6.45) is 1.99. The van der Waals surface area contributed by atoms with Crippen LogP contribution >= 0.6 is 0 Å². The molecule has 2 aromatic carbocycles. The first-order valence-electron chi connectivity index (χ1n) is 9.12. The molecule has 7 heteroatoms. The summed E-state index contributed by atoms with van der Waals surface area (Å²) >= 11 is 0. The fraction of sp³-hybridized carbons (Fsp3) is 0.333. The van der Waals surface area contributed by atoms with E-state index >= 15 is 0 Å². The molecule has 3 rings (SSSR count). The van der Waals surface area contributed by atoms with Crippen molar-refractivity contribution in [1.82, 2.24) is 0 Å². The van der Waals surface area contributed by atoms with Crippen LogP contribution in [0.4, 0.5) is 10.1 Å². The van der Waals surface area contributed by atoms with Gasteiger partial charge in [-0.1, -0.05) is 12.1 Å². The predicted octanol–water partition coefficient (Wildman–Crippen LogP) is 4.46. The summed E-state index contributed by atoms with van der Waals surface area (Å²) in [5.41, 5.74) is 0.329. The average molecular weight is 387 g/mol. The van der Waals surface area contributed by atoms with E-state index in [2.05, 4.69) is 5.32 Å². The Hall–Kier alpha value is -3.09. The van der Waals surface area contributed by atoms with Crippen molar-refractivity contribution in [1.29, 1.82) is 0 Å². The molecule has 1 amide bonds. The number of aliphatic carboxylic acids is 1. The van der Waals surface area contributed by atoms with Crippen LogP contribution in [0.3, 0.4) is 0 Å². The van der Waals surface area contributed by atoms with Crippen LogP contribution in [0, 0.1) is 17.7 Å². The summed E-state index contributed by atoms with van der Waals surface area (Å²) in [5.74, 6) is -1.40. The van der Waals surface area contributed by atoms with Crippen molar-refractivity contribution in [3.8, 4) is 17.2 Å². The Morgan fingerprint density at radius 3 is 2.25 bits per heavy atom. The molecule has 0 atom stereocenters. The van der Waals surface area contributed by atoms with Crippen LogP contribution in [-0.4, -0.2) is 24.1 Å². The van der Waals surface area contributed by atoms with Gasteiger partial charge in [-0.05, 0) is 49.9 Å². The molecule has 1 aliphatic carbocycles. The standard InChI is InChI=1S/C21H22FNO5/c1-27-18-4-2-3-5-19(18)28-17-11-10-15(12-16(17)22)23-20(24)13-6-8-14(9-7-13)21(25)26/h2-5,10-14H,6-9H2,1H3,(H,23,24)(H,25,26). The van der Waals surface area contributed by atoms with Gasteiger partial charge in [-0.15, -0.1) is 0 Å². The number of carbonyl (C=O) groups excluding carboxylic acids is 1. The molecule has 0 spiro atoms. The van der Waals surface area contributed by atoms with Gasteiger partial charge >= 0.3 is 5.97 Å². The third-order valence-electron chi connectivity index (χ3n) is 4.94. The predicted molar refractivity (Wildman–Crippen MR) is 101 cm³/mol. The second-order valence-corrected chi connectivity index (χ2v) is 6.77. The van der Waals surface area contributed by atoms with Crippen LogP contribution in [0.1, 0.15) is 25.7 Å². The van der Waals surface area contributed by atoms with E-state index in [-0.39, 0.29) is 23.5 Å². The minimum Gasteiger partial charge on any atom is -0.493 e. The first-order valence-corrected chi connectivity index (χ1v) is 9.12. The molecule has 2 N–H and O–H groups in total. The van der Waals surface area contributed by atoms with Gasteiger partial charge in [-0.25, -0.2) is 4.39 Å². The molecular formula is C21H22FNO5. The van der Waals surface area contributed by atoms with Crippen molar-refractivity contribution in [2.24, 2.45) is 11.8 Å².